The number of nitrogens with zero attached hydrogens (tertiary/aromatic N) is 2. The van der Waals surface area contributed by atoms with Gasteiger partial charge in [-0.25, -0.2) is 18.7 Å². The Balaban J connectivity index is 2.16. The normalized spacial score (nSPS) is 10.3. The van der Waals surface area contributed by atoms with Crippen molar-refractivity contribution in [3.8, 4) is 11.8 Å². The van der Waals surface area contributed by atoms with Gasteiger partial charge in [0.1, 0.15) is 5.75 Å². The lowest BCUT2D eigenvalue weighted by molar-refractivity contribution is 0.430. The van der Waals surface area contributed by atoms with Crippen molar-refractivity contribution < 1.29 is 13.5 Å². The minimum atomic E-state index is -0.973. The highest BCUT2D eigenvalue weighted by Gasteiger charge is 2.05. The van der Waals surface area contributed by atoms with Crippen LogP contribution in [-0.2, 0) is 5.33 Å². The molecule has 1 aromatic carbocycles. The van der Waals surface area contributed by atoms with Crippen molar-refractivity contribution in [1.82, 2.24) is 9.97 Å². The van der Waals surface area contributed by atoms with Gasteiger partial charge < -0.3 is 4.74 Å². The summed E-state index contributed by atoms with van der Waals surface area (Å²) in [6, 6.07) is 3.31. The molecule has 0 bridgehead atoms. The number of hydrogen-bond donors (Lipinski definition) is 0. The van der Waals surface area contributed by atoms with Gasteiger partial charge in [0.25, 0.3) is 0 Å². The molecule has 0 amide bonds. The fraction of sp³-hybridized carbons (Fsp3) is 0.0909. The van der Waals surface area contributed by atoms with Crippen molar-refractivity contribution in [2.45, 2.75) is 5.33 Å². The molecular weight excluding hydrogens is 294 g/mol. The second kappa shape index (κ2) is 5.18. The average molecular weight is 301 g/mol. The van der Waals surface area contributed by atoms with Crippen LogP contribution in [0.2, 0.25) is 0 Å². The molecule has 1 heterocycles. The van der Waals surface area contributed by atoms with Gasteiger partial charge in [-0.15, -0.1) is 0 Å². The summed E-state index contributed by atoms with van der Waals surface area (Å²) in [7, 11) is 0. The Morgan fingerprint density at radius 2 is 1.82 bits per heavy atom. The van der Waals surface area contributed by atoms with E-state index in [2.05, 4.69) is 25.9 Å². The van der Waals surface area contributed by atoms with Crippen LogP contribution in [0.3, 0.4) is 0 Å². The fourth-order valence-corrected chi connectivity index (χ4v) is 1.40. The first-order chi connectivity index (χ1) is 8.19. The highest BCUT2D eigenvalue weighted by molar-refractivity contribution is 9.08. The zero-order valence-electron chi connectivity index (χ0n) is 8.53. The first kappa shape index (κ1) is 11.9. The minimum Gasteiger partial charge on any atom is -0.424 e. The molecule has 0 aliphatic heterocycles. The predicted molar refractivity (Wildman–Crippen MR) is 61.1 cm³/mol. The van der Waals surface area contributed by atoms with E-state index in [0.29, 0.717) is 5.33 Å². The summed E-state index contributed by atoms with van der Waals surface area (Å²) in [6.45, 7) is 0. The SMILES string of the molecule is Fc1ccc(Oc2ncc(CBr)cn2)cc1F. The smallest absolute Gasteiger partial charge is 0.321 e. The lowest BCUT2D eigenvalue weighted by Crippen LogP contribution is -1.94. The molecule has 0 saturated heterocycles. The molecule has 0 atom stereocenters. The first-order valence-corrected chi connectivity index (χ1v) is 5.81. The molecule has 0 spiro atoms. The van der Waals surface area contributed by atoms with Gasteiger partial charge in [-0.3, -0.25) is 0 Å². The van der Waals surface area contributed by atoms with Crippen molar-refractivity contribution >= 4 is 15.9 Å². The maximum absolute atomic E-state index is 12.9. The lowest BCUT2D eigenvalue weighted by atomic mass is 10.3. The third-order valence-corrected chi connectivity index (χ3v) is 2.58. The molecule has 1 aromatic heterocycles. The monoisotopic (exact) mass is 300 g/mol. The molecule has 0 N–H and O–H groups in total. The van der Waals surface area contributed by atoms with E-state index >= 15 is 0 Å². The first-order valence-electron chi connectivity index (χ1n) is 4.69. The van der Waals surface area contributed by atoms with Gasteiger partial charge in [-0.2, -0.15) is 0 Å². The highest BCUT2D eigenvalue weighted by atomic mass is 79.9. The molecule has 0 aliphatic rings. The number of aromatic nitrogens is 2. The van der Waals surface area contributed by atoms with E-state index in [0.717, 1.165) is 17.7 Å². The second-order valence-corrected chi connectivity index (χ2v) is 3.75. The number of rotatable bonds is 3. The number of halogens is 3. The van der Waals surface area contributed by atoms with Crippen LogP contribution in [0.1, 0.15) is 5.56 Å². The predicted octanol–water partition coefficient (Wildman–Crippen LogP) is 3.44. The van der Waals surface area contributed by atoms with Crippen LogP contribution in [0.4, 0.5) is 8.78 Å². The Kier molecular flexibility index (Phi) is 3.63. The van der Waals surface area contributed by atoms with Crippen LogP contribution in [0.15, 0.2) is 30.6 Å². The third kappa shape index (κ3) is 2.97. The van der Waals surface area contributed by atoms with E-state index in [-0.39, 0.29) is 11.8 Å². The Hall–Kier alpha value is -1.56. The van der Waals surface area contributed by atoms with Crippen LogP contribution < -0.4 is 4.74 Å². The molecule has 6 heteroatoms. The standard InChI is InChI=1S/C11H7BrF2N2O/c12-4-7-5-15-11(16-6-7)17-8-1-2-9(13)10(14)3-8/h1-3,5-6H,4H2. The molecule has 0 radical (unpaired) electrons. The van der Waals surface area contributed by atoms with Gasteiger partial charge in [-0.05, 0) is 17.7 Å². The molecule has 0 saturated carbocycles. The average Bonchev–Trinajstić information content (AvgIpc) is 2.35. The summed E-state index contributed by atoms with van der Waals surface area (Å²) in [5.41, 5.74) is 0.891. The zero-order valence-corrected chi connectivity index (χ0v) is 10.1. The van der Waals surface area contributed by atoms with Crippen LogP contribution in [0.5, 0.6) is 11.8 Å². The Morgan fingerprint density at radius 3 is 2.41 bits per heavy atom. The highest BCUT2D eigenvalue weighted by Crippen LogP contribution is 2.20. The summed E-state index contributed by atoms with van der Waals surface area (Å²) < 4.78 is 30.7. The van der Waals surface area contributed by atoms with Gasteiger partial charge in [-0.1, -0.05) is 15.9 Å². The van der Waals surface area contributed by atoms with Crippen LogP contribution in [0, 0.1) is 11.6 Å². The van der Waals surface area contributed by atoms with E-state index in [4.69, 9.17) is 4.74 Å². The van der Waals surface area contributed by atoms with Gasteiger partial charge in [0.05, 0.1) is 0 Å². The summed E-state index contributed by atoms with van der Waals surface area (Å²) in [5, 5.41) is 0.637. The number of ether oxygens (including phenoxy) is 1. The van der Waals surface area contributed by atoms with Crippen molar-refractivity contribution in [2.24, 2.45) is 0 Å². The van der Waals surface area contributed by atoms with Crippen LogP contribution in [0.25, 0.3) is 0 Å². The topological polar surface area (TPSA) is 35.0 Å². The maximum Gasteiger partial charge on any atom is 0.321 e. The zero-order chi connectivity index (χ0) is 12.3. The summed E-state index contributed by atoms with van der Waals surface area (Å²) >= 11 is 3.25. The Bertz CT molecular complexity index is 519. The molecule has 0 fully saturated rings. The fourth-order valence-electron chi connectivity index (χ4n) is 1.11. The summed E-state index contributed by atoms with van der Waals surface area (Å²) in [5.74, 6) is -1.75. The third-order valence-electron chi connectivity index (χ3n) is 1.94. The van der Waals surface area contributed by atoms with E-state index in [1.54, 1.807) is 12.4 Å². The number of benzene rings is 1. The quantitative estimate of drug-likeness (QED) is 0.815. The number of alkyl halides is 1. The van der Waals surface area contributed by atoms with E-state index < -0.39 is 11.6 Å². The van der Waals surface area contributed by atoms with Gasteiger partial charge in [0.2, 0.25) is 0 Å². The molecule has 3 nitrogen and oxygen atoms in total. The Labute approximate surface area is 105 Å². The van der Waals surface area contributed by atoms with Crippen molar-refractivity contribution in [3.05, 3.63) is 47.8 Å². The minimum absolute atomic E-state index is 0.0840. The molecule has 0 aliphatic carbocycles. The molecule has 2 rings (SSSR count). The van der Waals surface area contributed by atoms with Crippen molar-refractivity contribution in [2.75, 3.05) is 0 Å². The molecular formula is C11H7BrF2N2O. The Morgan fingerprint density at radius 1 is 1.12 bits per heavy atom. The lowest BCUT2D eigenvalue weighted by Gasteiger charge is -2.04. The summed E-state index contributed by atoms with van der Waals surface area (Å²) in [4.78, 5) is 7.83. The van der Waals surface area contributed by atoms with Crippen molar-refractivity contribution in [1.29, 1.82) is 0 Å². The summed E-state index contributed by atoms with van der Waals surface area (Å²) in [6.07, 6.45) is 3.16. The molecule has 2 aromatic rings. The second-order valence-electron chi connectivity index (χ2n) is 3.19. The molecule has 0 unspecified atom stereocenters. The van der Waals surface area contributed by atoms with E-state index in [9.17, 15) is 8.78 Å². The van der Waals surface area contributed by atoms with Gasteiger partial charge in [0.15, 0.2) is 11.6 Å². The van der Waals surface area contributed by atoms with E-state index in [1.165, 1.54) is 6.07 Å². The molecule has 88 valence electrons. The largest absolute Gasteiger partial charge is 0.424 e. The van der Waals surface area contributed by atoms with Gasteiger partial charge in [0, 0.05) is 23.8 Å². The van der Waals surface area contributed by atoms with E-state index in [1.807, 2.05) is 0 Å². The van der Waals surface area contributed by atoms with Gasteiger partial charge >= 0.3 is 6.01 Å². The van der Waals surface area contributed by atoms with Crippen LogP contribution in [-0.4, -0.2) is 9.97 Å². The molecule has 17 heavy (non-hydrogen) atoms. The van der Waals surface area contributed by atoms with Crippen molar-refractivity contribution in [3.63, 3.8) is 0 Å². The maximum atomic E-state index is 12.9. The van der Waals surface area contributed by atoms with Crippen LogP contribution >= 0.6 is 15.9 Å². The number of hydrogen-bond acceptors (Lipinski definition) is 3.